The Morgan fingerprint density at radius 2 is 2.19 bits per heavy atom. The maximum atomic E-state index is 13.3. The molecule has 2 aromatic carbocycles. The lowest BCUT2D eigenvalue weighted by atomic mass is 10.1. The van der Waals surface area contributed by atoms with E-state index < -0.39 is 0 Å². The van der Waals surface area contributed by atoms with E-state index in [0.717, 1.165) is 18.7 Å². The molecule has 0 radical (unpaired) electrons. The van der Waals surface area contributed by atoms with Crippen LogP contribution in [0.1, 0.15) is 18.1 Å². The highest BCUT2D eigenvalue weighted by molar-refractivity contribution is 5.63. The normalized spacial score (nSPS) is 12.7. The molecule has 2 aromatic rings. The maximum absolute atomic E-state index is 13.3. The summed E-state index contributed by atoms with van der Waals surface area (Å²) < 4.78 is 18.8. The number of rotatable bonds is 5. The van der Waals surface area contributed by atoms with Crippen molar-refractivity contribution < 1.29 is 9.13 Å². The third-order valence-electron chi connectivity index (χ3n) is 3.65. The molecular formula is C17H19FN2O. The van der Waals surface area contributed by atoms with Crippen molar-refractivity contribution in [3.8, 4) is 5.75 Å². The third-order valence-corrected chi connectivity index (χ3v) is 3.65. The zero-order chi connectivity index (χ0) is 14.7. The first-order valence-corrected chi connectivity index (χ1v) is 7.29. The van der Waals surface area contributed by atoms with E-state index in [9.17, 15) is 4.39 Å². The van der Waals surface area contributed by atoms with Crippen molar-refractivity contribution in [3.05, 3.63) is 53.3 Å². The average molecular weight is 286 g/mol. The van der Waals surface area contributed by atoms with Gasteiger partial charge in [-0.15, -0.1) is 0 Å². The van der Waals surface area contributed by atoms with Crippen LogP contribution in [-0.4, -0.2) is 13.2 Å². The fourth-order valence-corrected chi connectivity index (χ4v) is 2.67. The predicted molar refractivity (Wildman–Crippen MR) is 83.5 cm³/mol. The predicted octanol–water partition coefficient (Wildman–Crippen LogP) is 3.80. The van der Waals surface area contributed by atoms with E-state index in [0.29, 0.717) is 18.9 Å². The highest BCUT2D eigenvalue weighted by Gasteiger charge is 2.13. The Morgan fingerprint density at radius 3 is 3.05 bits per heavy atom. The molecule has 1 aliphatic heterocycles. The van der Waals surface area contributed by atoms with Gasteiger partial charge in [0.05, 0.1) is 12.3 Å². The summed E-state index contributed by atoms with van der Waals surface area (Å²) in [7, 11) is 0. The molecule has 0 spiro atoms. The van der Waals surface area contributed by atoms with Crippen molar-refractivity contribution in [1.29, 1.82) is 0 Å². The summed E-state index contributed by atoms with van der Waals surface area (Å²) in [6, 6.07) is 10.9. The summed E-state index contributed by atoms with van der Waals surface area (Å²) in [6.07, 6.45) is 1.07. The molecule has 0 bridgehead atoms. The zero-order valence-electron chi connectivity index (χ0n) is 12.1. The molecule has 1 aliphatic rings. The number of fused-ring (bicyclic) bond motifs is 1. The zero-order valence-corrected chi connectivity index (χ0v) is 12.1. The number of halogens is 1. The van der Waals surface area contributed by atoms with E-state index in [1.165, 1.54) is 28.9 Å². The number of anilines is 2. The Morgan fingerprint density at radius 1 is 1.29 bits per heavy atom. The quantitative estimate of drug-likeness (QED) is 0.877. The lowest BCUT2D eigenvalue weighted by molar-refractivity contribution is 0.340. The molecule has 1 heterocycles. The number of para-hydroxylation sites is 1. The molecule has 0 amide bonds. The average Bonchev–Trinajstić information content (AvgIpc) is 2.96. The minimum Gasteiger partial charge on any atom is -0.492 e. The largest absolute Gasteiger partial charge is 0.492 e. The van der Waals surface area contributed by atoms with Crippen LogP contribution in [-0.2, 0) is 13.0 Å². The first-order valence-electron chi connectivity index (χ1n) is 7.29. The van der Waals surface area contributed by atoms with E-state index in [4.69, 9.17) is 4.74 Å². The SMILES string of the molecule is CCOc1cc(F)ccc1NCc1cccc2c1NCC2. The molecule has 3 nitrogen and oxygen atoms in total. The van der Waals surface area contributed by atoms with Crippen molar-refractivity contribution in [2.75, 3.05) is 23.8 Å². The van der Waals surface area contributed by atoms with Gasteiger partial charge in [0.15, 0.2) is 0 Å². The van der Waals surface area contributed by atoms with Gasteiger partial charge < -0.3 is 15.4 Å². The van der Waals surface area contributed by atoms with Crippen LogP contribution in [0.2, 0.25) is 0 Å². The number of benzene rings is 2. The molecule has 0 atom stereocenters. The Bertz CT molecular complexity index is 643. The fraction of sp³-hybridized carbons (Fsp3) is 0.294. The van der Waals surface area contributed by atoms with Gasteiger partial charge >= 0.3 is 0 Å². The van der Waals surface area contributed by atoms with Crippen LogP contribution in [0.4, 0.5) is 15.8 Å². The number of nitrogens with one attached hydrogen (secondary N) is 2. The molecule has 0 saturated carbocycles. The third kappa shape index (κ3) is 2.94. The number of hydrogen-bond donors (Lipinski definition) is 2. The minimum atomic E-state index is -0.286. The van der Waals surface area contributed by atoms with Crippen LogP contribution in [0.15, 0.2) is 36.4 Å². The van der Waals surface area contributed by atoms with Gasteiger partial charge in [-0.25, -0.2) is 4.39 Å². The molecule has 0 fully saturated rings. The van der Waals surface area contributed by atoms with Gasteiger partial charge in [0.1, 0.15) is 11.6 Å². The van der Waals surface area contributed by atoms with Crippen molar-refractivity contribution in [2.24, 2.45) is 0 Å². The van der Waals surface area contributed by atoms with Crippen LogP contribution in [0, 0.1) is 5.82 Å². The van der Waals surface area contributed by atoms with Crippen LogP contribution in [0.3, 0.4) is 0 Å². The van der Waals surface area contributed by atoms with Crippen LogP contribution in [0.25, 0.3) is 0 Å². The molecule has 4 heteroatoms. The van der Waals surface area contributed by atoms with Crippen LogP contribution < -0.4 is 15.4 Å². The Balaban J connectivity index is 1.78. The lowest BCUT2D eigenvalue weighted by Crippen LogP contribution is -2.05. The van der Waals surface area contributed by atoms with Crippen LogP contribution >= 0.6 is 0 Å². The molecule has 2 N–H and O–H groups in total. The van der Waals surface area contributed by atoms with E-state index in [2.05, 4.69) is 28.8 Å². The van der Waals surface area contributed by atoms with Gasteiger partial charge in [-0.3, -0.25) is 0 Å². The number of hydrogen-bond acceptors (Lipinski definition) is 3. The summed E-state index contributed by atoms with van der Waals surface area (Å²) in [4.78, 5) is 0. The summed E-state index contributed by atoms with van der Waals surface area (Å²) in [5.74, 6) is 0.268. The molecule has 3 rings (SSSR count). The first kappa shape index (κ1) is 13.7. The highest BCUT2D eigenvalue weighted by Crippen LogP contribution is 2.29. The van der Waals surface area contributed by atoms with Crippen molar-refractivity contribution >= 4 is 11.4 Å². The fourth-order valence-electron chi connectivity index (χ4n) is 2.67. The number of ether oxygens (including phenoxy) is 1. The van der Waals surface area contributed by atoms with Crippen molar-refractivity contribution in [3.63, 3.8) is 0 Å². The smallest absolute Gasteiger partial charge is 0.145 e. The van der Waals surface area contributed by atoms with Gasteiger partial charge in [-0.2, -0.15) is 0 Å². The Hall–Kier alpha value is -2.23. The van der Waals surface area contributed by atoms with Crippen molar-refractivity contribution in [2.45, 2.75) is 19.9 Å². The first-order chi connectivity index (χ1) is 10.3. The molecule has 0 aliphatic carbocycles. The summed E-state index contributed by atoms with van der Waals surface area (Å²) in [6.45, 7) is 4.08. The molecule has 0 saturated heterocycles. The second kappa shape index (κ2) is 6.04. The van der Waals surface area contributed by atoms with E-state index in [1.54, 1.807) is 6.07 Å². The van der Waals surface area contributed by atoms with E-state index in [-0.39, 0.29) is 5.82 Å². The molecule has 21 heavy (non-hydrogen) atoms. The minimum absolute atomic E-state index is 0.286. The van der Waals surface area contributed by atoms with E-state index >= 15 is 0 Å². The molecule has 110 valence electrons. The molecule has 0 unspecified atom stereocenters. The van der Waals surface area contributed by atoms with Gasteiger partial charge in [0.2, 0.25) is 0 Å². The second-order valence-electron chi connectivity index (χ2n) is 5.06. The van der Waals surface area contributed by atoms with Crippen LogP contribution in [0.5, 0.6) is 5.75 Å². The van der Waals surface area contributed by atoms with Gasteiger partial charge in [0.25, 0.3) is 0 Å². The van der Waals surface area contributed by atoms with Gasteiger partial charge in [-0.1, -0.05) is 18.2 Å². The maximum Gasteiger partial charge on any atom is 0.145 e. The Kier molecular flexibility index (Phi) is 3.95. The summed E-state index contributed by atoms with van der Waals surface area (Å²) in [5, 5.41) is 6.76. The summed E-state index contributed by atoms with van der Waals surface area (Å²) >= 11 is 0. The summed E-state index contributed by atoms with van der Waals surface area (Å²) in [5.41, 5.74) is 4.62. The Labute approximate surface area is 124 Å². The van der Waals surface area contributed by atoms with Crippen molar-refractivity contribution in [1.82, 2.24) is 0 Å². The van der Waals surface area contributed by atoms with E-state index in [1.807, 2.05) is 6.92 Å². The highest BCUT2D eigenvalue weighted by atomic mass is 19.1. The molecular weight excluding hydrogens is 267 g/mol. The molecule has 0 aromatic heterocycles. The lowest BCUT2D eigenvalue weighted by Gasteiger charge is -2.14. The topological polar surface area (TPSA) is 33.3 Å². The van der Waals surface area contributed by atoms with Gasteiger partial charge in [0, 0.05) is 24.8 Å². The van der Waals surface area contributed by atoms with Gasteiger partial charge in [-0.05, 0) is 36.6 Å². The standard InChI is InChI=1S/C17H19FN2O/c1-2-21-16-10-14(18)6-7-15(16)20-11-13-5-3-4-12-8-9-19-17(12)13/h3-7,10,19-20H,2,8-9,11H2,1H3. The second-order valence-corrected chi connectivity index (χ2v) is 5.06. The monoisotopic (exact) mass is 286 g/mol.